The van der Waals surface area contributed by atoms with Crippen molar-refractivity contribution < 1.29 is 9.52 Å². The fourth-order valence-corrected chi connectivity index (χ4v) is 1.96. The fourth-order valence-electron chi connectivity index (χ4n) is 1.96. The average molecular weight is 256 g/mol. The molecule has 98 valence electrons. The second kappa shape index (κ2) is 6.19. The zero-order chi connectivity index (χ0) is 13.7. The Labute approximate surface area is 112 Å². The van der Waals surface area contributed by atoms with Crippen molar-refractivity contribution in [3.8, 4) is 6.07 Å². The molecule has 0 saturated heterocycles. The number of nitrogens with zero attached hydrogens (tertiary/aromatic N) is 1. The lowest BCUT2D eigenvalue weighted by molar-refractivity contribution is 0.217. The van der Waals surface area contributed by atoms with Crippen molar-refractivity contribution in [3.05, 3.63) is 59.5 Å². The summed E-state index contributed by atoms with van der Waals surface area (Å²) in [5.74, 6) is 0.711. The molecule has 2 N–H and O–H groups in total. The van der Waals surface area contributed by atoms with E-state index in [0.717, 1.165) is 5.56 Å². The van der Waals surface area contributed by atoms with E-state index in [0.29, 0.717) is 11.3 Å². The molecule has 0 aliphatic heterocycles. The first-order chi connectivity index (χ1) is 9.24. The summed E-state index contributed by atoms with van der Waals surface area (Å²) in [5.41, 5.74) is 1.70. The zero-order valence-corrected chi connectivity index (χ0v) is 10.7. The molecule has 0 unspecified atom stereocenters. The molecule has 4 nitrogen and oxygen atoms in total. The topological polar surface area (TPSA) is 69.2 Å². The van der Waals surface area contributed by atoms with E-state index in [1.165, 1.54) is 0 Å². The first-order valence-electron chi connectivity index (χ1n) is 6.15. The lowest BCUT2D eigenvalue weighted by Gasteiger charge is -2.20. The Hall–Kier alpha value is -2.09. The summed E-state index contributed by atoms with van der Waals surface area (Å²) in [6.07, 6.45) is 1.59. The summed E-state index contributed by atoms with van der Waals surface area (Å²) in [6.45, 7) is 1.97. The van der Waals surface area contributed by atoms with Gasteiger partial charge in [-0.05, 0) is 36.8 Å². The van der Waals surface area contributed by atoms with Crippen molar-refractivity contribution in [2.45, 2.75) is 19.0 Å². The lowest BCUT2D eigenvalue weighted by atomic mass is 10.1. The van der Waals surface area contributed by atoms with Crippen LogP contribution < -0.4 is 5.32 Å². The number of aliphatic hydroxyl groups excluding tert-OH is 1. The lowest BCUT2D eigenvalue weighted by Crippen LogP contribution is -2.27. The number of hydrogen-bond acceptors (Lipinski definition) is 4. The highest BCUT2D eigenvalue weighted by atomic mass is 16.3. The third kappa shape index (κ3) is 3.22. The van der Waals surface area contributed by atoms with Gasteiger partial charge in [-0.25, -0.2) is 0 Å². The molecule has 1 aromatic carbocycles. The van der Waals surface area contributed by atoms with Crippen LogP contribution in [0.25, 0.3) is 0 Å². The van der Waals surface area contributed by atoms with Crippen LogP contribution in [-0.2, 0) is 0 Å². The maximum atomic E-state index is 9.41. The highest BCUT2D eigenvalue weighted by Crippen LogP contribution is 2.20. The Balaban J connectivity index is 2.07. The summed E-state index contributed by atoms with van der Waals surface area (Å²) in [7, 11) is 0. The molecule has 0 fully saturated rings. The van der Waals surface area contributed by atoms with Crippen molar-refractivity contribution in [2.24, 2.45) is 0 Å². The van der Waals surface area contributed by atoms with Gasteiger partial charge >= 0.3 is 0 Å². The quantitative estimate of drug-likeness (QED) is 0.862. The second-order valence-electron chi connectivity index (χ2n) is 4.37. The standard InChI is InChI=1S/C15H16N2O2/c1-11(13-6-4-12(9-16)5-7-13)17-14(10-18)15-3-2-8-19-15/h2-8,11,14,17-18H,10H2,1H3/t11-,14+/m0/s1. The molecule has 2 rings (SSSR count). The third-order valence-electron chi connectivity index (χ3n) is 3.06. The summed E-state index contributed by atoms with van der Waals surface area (Å²) < 4.78 is 5.29. The fraction of sp³-hybridized carbons (Fsp3) is 0.267. The van der Waals surface area contributed by atoms with Gasteiger partial charge in [-0.3, -0.25) is 5.32 Å². The second-order valence-corrected chi connectivity index (χ2v) is 4.37. The minimum atomic E-state index is -0.236. The van der Waals surface area contributed by atoms with Crippen LogP contribution in [0.2, 0.25) is 0 Å². The van der Waals surface area contributed by atoms with Crippen LogP contribution >= 0.6 is 0 Å². The van der Waals surface area contributed by atoms with Gasteiger partial charge < -0.3 is 9.52 Å². The van der Waals surface area contributed by atoms with Crippen molar-refractivity contribution >= 4 is 0 Å². The van der Waals surface area contributed by atoms with Crippen LogP contribution in [0.15, 0.2) is 47.1 Å². The Morgan fingerprint density at radius 3 is 2.58 bits per heavy atom. The van der Waals surface area contributed by atoms with Crippen LogP contribution in [0.1, 0.15) is 35.9 Å². The number of aliphatic hydroxyl groups is 1. The predicted molar refractivity (Wildman–Crippen MR) is 71.2 cm³/mol. The molecule has 0 radical (unpaired) electrons. The van der Waals surface area contributed by atoms with Crippen LogP contribution in [-0.4, -0.2) is 11.7 Å². The molecule has 0 aliphatic carbocycles. The van der Waals surface area contributed by atoms with Gasteiger partial charge in [0.05, 0.1) is 30.5 Å². The molecule has 1 aromatic heterocycles. The monoisotopic (exact) mass is 256 g/mol. The van der Waals surface area contributed by atoms with E-state index in [1.807, 2.05) is 25.1 Å². The SMILES string of the molecule is C[C@H](N[C@H](CO)c1ccco1)c1ccc(C#N)cc1. The number of benzene rings is 1. The summed E-state index contributed by atoms with van der Waals surface area (Å²) in [4.78, 5) is 0. The van der Waals surface area contributed by atoms with Gasteiger partial charge in [0.25, 0.3) is 0 Å². The normalized spacial score (nSPS) is 13.7. The van der Waals surface area contributed by atoms with E-state index in [4.69, 9.17) is 9.68 Å². The largest absolute Gasteiger partial charge is 0.468 e. The molecule has 0 spiro atoms. The maximum Gasteiger partial charge on any atom is 0.123 e. The number of nitriles is 1. The van der Waals surface area contributed by atoms with Gasteiger partial charge in [0.15, 0.2) is 0 Å². The van der Waals surface area contributed by atoms with Crippen molar-refractivity contribution in [2.75, 3.05) is 6.61 Å². The van der Waals surface area contributed by atoms with Crippen LogP contribution in [0, 0.1) is 11.3 Å². The molecule has 0 aliphatic rings. The van der Waals surface area contributed by atoms with Gasteiger partial charge in [0.2, 0.25) is 0 Å². The molecular formula is C15H16N2O2. The molecule has 2 atom stereocenters. The Kier molecular flexibility index (Phi) is 4.35. The molecular weight excluding hydrogens is 240 g/mol. The first kappa shape index (κ1) is 13.3. The molecule has 0 saturated carbocycles. The highest BCUT2D eigenvalue weighted by molar-refractivity contribution is 5.32. The Morgan fingerprint density at radius 1 is 1.32 bits per heavy atom. The third-order valence-corrected chi connectivity index (χ3v) is 3.06. The van der Waals surface area contributed by atoms with Gasteiger partial charge in [-0.2, -0.15) is 5.26 Å². The van der Waals surface area contributed by atoms with E-state index in [1.54, 1.807) is 24.5 Å². The summed E-state index contributed by atoms with van der Waals surface area (Å²) in [5, 5.41) is 21.5. The number of hydrogen-bond donors (Lipinski definition) is 2. The van der Waals surface area contributed by atoms with E-state index in [9.17, 15) is 5.11 Å². The van der Waals surface area contributed by atoms with Crippen LogP contribution in [0.3, 0.4) is 0 Å². The number of rotatable bonds is 5. The minimum Gasteiger partial charge on any atom is -0.468 e. The van der Waals surface area contributed by atoms with Crippen molar-refractivity contribution in [1.82, 2.24) is 5.32 Å². The van der Waals surface area contributed by atoms with Crippen molar-refractivity contribution in [3.63, 3.8) is 0 Å². The molecule has 2 aromatic rings. The first-order valence-corrected chi connectivity index (χ1v) is 6.15. The van der Waals surface area contributed by atoms with Crippen LogP contribution in [0.4, 0.5) is 0 Å². The van der Waals surface area contributed by atoms with Gasteiger partial charge in [0.1, 0.15) is 5.76 Å². The molecule has 1 heterocycles. The smallest absolute Gasteiger partial charge is 0.123 e. The van der Waals surface area contributed by atoms with Gasteiger partial charge in [-0.15, -0.1) is 0 Å². The number of nitrogens with one attached hydrogen (secondary N) is 1. The molecule has 0 bridgehead atoms. The van der Waals surface area contributed by atoms with Gasteiger partial charge in [0, 0.05) is 6.04 Å². The highest BCUT2D eigenvalue weighted by Gasteiger charge is 2.16. The minimum absolute atomic E-state index is 0.0336. The zero-order valence-electron chi connectivity index (χ0n) is 10.7. The molecule has 4 heteroatoms. The Bertz CT molecular complexity index is 541. The van der Waals surface area contributed by atoms with E-state index < -0.39 is 0 Å². The average Bonchev–Trinajstić information content (AvgIpc) is 2.98. The van der Waals surface area contributed by atoms with E-state index in [2.05, 4.69) is 11.4 Å². The van der Waals surface area contributed by atoms with E-state index >= 15 is 0 Å². The van der Waals surface area contributed by atoms with Gasteiger partial charge in [-0.1, -0.05) is 12.1 Å². The van der Waals surface area contributed by atoms with Crippen LogP contribution in [0.5, 0.6) is 0 Å². The van der Waals surface area contributed by atoms with Crippen molar-refractivity contribution in [1.29, 1.82) is 5.26 Å². The maximum absolute atomic E-state index is 9.41. The molecule has 0 amide bonds. The molecule has 19 heavy (non-hydrogen) atoms. The summed E-state index contributed by atoms with van der Waals surface area (Å²) >= 11 is 0. The number of furan rings is 1. The Morgan fingerprint density at radius 2 is 2.05 bits per heavy atom. The predicted octanol–water partition coefficient (Wildman–Crippen LogP) is 2.54. The summed E-state index contributed by atoms with van der Waals surface area (Å²) in [6, 6.07) is 12.9. The van der Waals surface area contributed by atoms with E-state index in [-0.39, 0.29) is 18.7 Å².